The highest BCUT2D eigenvalue weighted by molar-refractivity contribution is 6.01. The molecule has 0 fully saturated rings. The van der Waals surface area contributed by atoms with E-state index in [2.05, 4.69) is 10.6 Å². The summed E-state index contributed by atoms with van der Waals surface area (Å²) in [5.74, 6) is -0.535. The highest BCUT2D eigenvalue weighted by Gasteiger charge is 2.22. The third-order valence-electron chi connectivity index (χ3n) is 5.20. The summed E-state index contributed by atoms with van der Waals surface area (Å²) in [4.78, 5) is 25.8. The van der Waals surface area contributed by atoms with Gasteiger partial charge in [-0.3, -0.25) is 9.59 Å². The van der Waals surface area contributed by atoms with E-state index in [0.29, 0.717) is 17.7 Å². The van der Waals surface area contributed by atoms with Crippen LogP contribution in [0.3, 0.4) is 0 Å². The first-order valence-electron chi connectivity index (χ1n) is 10.6. The Morgan fingerprint density at radius 3 is 1.78 bits per heavy atom. The number of rotatable bonds is 7. The smallest absolute Gasteiger partial charge is 0.251 e. The lowest BCUT2D eigenvalue weighted by atomic mass is 10.0. The van der Waals surface area contributed by atoms with Crippen LogP contribution < -0.4 is 10.6 Å². The Labute approximate surface area is 187 Å². The average molecular weight is 421 g/mol. The molecular weight excluding hydrogens is 396 g/mol. The second-order valence-electron chi connectivity index (χ2n) is 7.51. The van der Waals surface area contributed by atoms with Gasteiger partial charge >= 0.3 is 0 Å². The van der Waals surface area contributed by atoms with Crippen LogP contribution in [0.25, 0.3) is 11.1 Å². The van der Waals surface area contributed by atoms with Gasteiger partial charge in [0.15, 0.2) is 0 Å². The Balaban J connectivity index is 1.49. The van der Waals surface area contributed by atoms with E-state index in [9.17, 15) is 9.59 Å². The van der Waals surface area contributed by atoms with Crippen molar-refractivity contribution in [2.75, 3.05) is 5.32 Å². The van der Waals surface area contributed by atoms with Crippen LogP contribution >= 0.6 is 0 Å². The normalized spacial score (nSPS) is 11.4. The van der Waals surface area contributed by atoms with Crippen molar-refractivity contribution in [1.29, 1.82) is 0 Å². The summed E-state index contributed by atoms with van der Waals surface area (Å²) >= 11 is 0. The van der Waals surface area contributed by atoms with Crippen molar-refractivity contribution in [2.24, 2.45) is 0 Å². The SMILES string of the molecule is O=C(N[C@@H](Cc1ccccc1)C(=O)Nc1ccc(-c2ccccc2)cc1)c1ccccc1. The molecule has 2 N–H and O–H groups in total. The summed E-state index contributed by atoms with van der Waals surface area (Å²) in [6, 6.07) is 35.6. The van der Waals surface area contributed by atoms with Gasteiger partial charge in [0.25, 0.3) is 5.91 Å². The average Bonchev–Trinajstić information content (AvgIpc) is 2.86. The Bertz CT molecular complexity index is 1160. The van der Waals surface area contributed by atoms with E-state index in [1.54, 1.807) is 24.3 Å². The minimum atomic E-state index is -0.709. The summed E-state index contributed by atoms with van der Waals surface area (Å²) in [6.07, 6.45) is 0.396. The van der Waals surface area contributed by atoms with Crippen LogP contribution in [0.4, 0.5) is 5.69 Å². The van der Waals surface area contributed by atoms with Crippen molar-refractivity contribution in [3.63, 3.8) is 0 Å². The molecule has 0 aliphatic carbocycles. The maximum atomic E-state index is 13.1. The number of nitrogens with one attached hydrogen (secondary N) is 2. The molecule has 0 unspecified atom stereocenters. The van der Waals surface area contributed by atoms with Crippen LogP contribution in [0.15, 0.2) is 115 Å². The monoisotopic (exact) mass is 420 g/mol. The van der Waals surface area contributed by atoms with Gasteiger partial charge in [-0.1, -0.05) is 91.0 Å². The first-order valence-corrected chi connectivity index (χ1v) is 10.6. The molecule has 4 aromatic carbocycles. The number of hydrogen-bond acceptors (Lipinski definition) is 2. The molecule has 0 bridgehead atoms. The Kier molecular flexibility index (Phi) is 6.73. The summed E-state index contributed by atoms with van der Waals surface area (Å²) in [5, 5.41) is 5.83. The van der Waals surface area contributed by atoms with Crippen molar-refractivity contribution in [2.45, 2.75) is 12.5 Å². The molecule has 4 nitrogen and oxygen atoms in total. The zero-order valence-electron chi connectivity index (χ0n) is 17.6. The highest BCUT2D eigenvalue weighted by atomic mass is 16.2. The first kappa shape index (κ1) is 21.1. The minimum Gasteiger partial charge on any atom is -0.340 e. The van der Waals surface area contributed by atoms with Crippen molar-refractivity contribution in [3.05, 3.63) is 126 Å². The van der Waals surface area contributed by atoms with Crippen molar-refractivity contribution >= 4 is 17.5 Å². The summed E-state index contributed by atoms with van der Waals surface area (Å²) in [5.41, 5.74) is 4.36. The van der Waals surface area contributed by atoms with Gasteiger partial charge in [0.05, 0.1) is 0 Å². The fourth-order valence-corrected chi connectivity index (χ4v) is 3.50. The quantitative estimate of drug-likeness (QED) is 0.424. The van der Waals surface area contributed by atoms with Crippen molar-refractivity contribution in [1.82, 2.24) is 5.32 Å². The predicted molar refractivity (Wildman–Crippen MR) is 128 cm³/mol. The zero-order valence-corrected chi connectivity index (χ0v) is 17.6. The third kappa shape index (κ3) is 5.49. The van der Waals surface area contributed by atoms with Crippen LogP contribution in [0.1, 0.15) is 15.9 Å². The lowest BCUT2D eigenvalue weighted by Crippen LogP contribution is -2.45. The fourth-order valence-electron chi connectivity index (χ4n) is 3.50. The molecule has 0 radical (unpaired) electrons. The third-order valence-corrected chi connectivity index (χ3v) is 5.20. The van der Waals surface area contributed by atoms with Gasteiger partial charge in [0.2, 0.25) is 5.91 Å². The molecule has 1 atom stereocenters. The number of carbonyl (C=O) groups is 2. The van der Waals surface area contributed by atoms with E-state index in [1.807, 2.05) is 91.0 Å². The van der Waals surface area contributed by atoms with Crippen LogP contribution in [0.2, 0.25) is 0 Å². The van der Waals surface area contributed by atoms with Crippen LogP contribution in [-0.4, -0.2) is 17.9 Å². The molecule has 2 amide bonds. The Morgan fingerprint density at radius 2 is 1.16 bits per heavy atom. The van der Waals surface area contributed by atoms with E-state index >= 15 is 0 Å². The topological polar surface area (TPSA) is 58.2 Å². The first-order chi connectivity index (χ1) is 15.7. The molecule has 4 rings (SSSR count). The standard InChI is InChI=1S/C28H24N2O2/c31-27(24-14-8-3-9-15-24)30-26(20-21-10-4-1-5-11-21)28(32)29-25-18-16-23(17-19-25)22-12-6-2-7-13-22/h1-19,26H,20H2,(H,29,32)(H,30,31)/t26-/m0/s1. The van der Waals surface area contributed by atoms with Gasteiger partial charge in [0, 0.05) is 17.7 Å². The zero-order chi connectivity index (χ0) is 22.2. The minimum absolute atomic E-state index is 0.259. The molecule has 158 valence electrons. The van der Waals surface area contributed by atoms with Crippen LogP contribution in [0, 0.1) is 0 Å². The largest absolute Gasteiger partial charge is 0.340 e. The molecule has 0 aromatic heterocycles. The van der Waals surface area contributed by atoms with E-state index in [0.717, 1.165) is 16.7 Å². The van der Waals surface area contributed by atoms with Gasteiger partial charge in [-0.15, -0.1) is 0 Å². The van der Waals surface area contributed by atoms with E-state index < -0.39 is 6.04 Å². The second kappa shape index (κ2) is 10.2. The Hall–Kier alpha value is -4.18. The van der Waals surface area contributed by atoms with E-state index in [-0.39, 0.29) is 11.8 Å². The van der Waals surface area contributed by atoms with E-state index in [4.69, 9.17) is 0 Å². The lowest BCUT2D eigenvalue weighted by molar-refractivity contribution is -0.118. The van der Waals surface area contributed by atoms with Crippen LogP contribution in [-0.2, 0) is 11.2 Å². The summed E-state index contributed by atoms with van der Waals surface area (Å²) < 4.78 is 0. The van der Waals surface area contributed by atoms with Gasteiger partial charge in [-0.25, -0.2) is 0 Å². The lowest BCUT2D eigenvalue weighted by Gasteiger charge is -2.19. The molecular formula is C28H24N2O2. The molecule has 4 aromatic rings. The fraction of sp³-hybridized carbons (Fsp3) is 0.0714. The number of hydrogen-bond donors (Lipinski definition) is 2. The molecule has 4 heteroatoms. The Morgan fingerprint density at radius 1 is 0.625 bits per heavy atom. The molecule has 0 heterocycles. The second-order valence-corrected chi connectivity index (χ2v) is 7.51. The predicted octanol–water partition coefficient (Wildman–Crippen LogP) is 5.33. The molecule has 0 aliphatic rings. The maximum absolute atomic E-state index is 13.1. The summed E-state index contributed by atoms with van der Waals surface area (Å²) in [7, 11) is 0. The molecule has 0 spiro atoms. The van der Waals surface area contributed by atoms with E-state index in [1.165, 1.54) is 0 Å². The highest BCUT2D eigenvalue weighted by Crippen LogP contribution is 2.21. The van der Waals surface area contributed by atoms with Crippen molar-refractivity contribution in [3.8, 4) is 11.1 Å². The van der Waals surface area contributed by atoms with Crippen LogP contribution in [0.5, 0.6) is 0 Å². The van der Waals surface area contributed by atoms with Gasteiger partial charge < -0.3 is 10.6 Å². The molecule has 32 heavy (non-hydrogen) atoms. The molecule has 0 saturated heterocycles. The number of anilines is 1. The van der Waals surface area contributed by atoms with Gasteiger partial charge in [-0.2, -0.15) is 0 Å². The van der Waals surface area contributed by atoms with Crippen molar-refractivity contribution < 1.29 is 9.59 Å². The summed E-state index contributed by atoms with van der Waals surface area (Å²) in [6.45, 7) is 0. The number of benzene rings is 4. The number of amides is 2. The van der Waals surface area contributed by atoms with Gasteiger partial charge in [0.1, 0.15) is 6.04 Å². The van der Waals surface area contributed by atoms with Gasteiger partial charge in [-0.05, 0) is 41.0 Å². The number of carbonyl (C=O) groups excluding carboxylic acids is 2. The maximum Gasteiger partial charge on any atom is 0.251 e. The molecule has 0 aliphatic heterocycles. The molecule has 0 saturated carbocycles.